The molecule has 0 radical (unpaired) electrons. The van der Waals surface area contributed by atoms with Crippen LogP contribution in [0.2, 0.25) is 0 Å². The summed E-state index contributed by atoms with van der Waals surface area (Å²) in [6.07, 6.45) is 5.91. The molecule has 6 nitrogen and oxygen atoms in total. The number of nitrogens with zero attached hydrogens (tertiary/aromatic N) is 3. The zero-order valence-electron chi connectivity index (χ0n) is 17.1. The molecular weight excluding hydrogens is 478 g/mol. The normalized spacial score (nSPS) is 19.8. The summed E-state index contributed by atoms with van der Waals surface area (Å²) in [5.74, 6) is 0.929. The molecule has 1 fully saturated rings. The third-order valence-electron chi connectivity index (χ3n) is 6.24. The van der Waals surface area contributed by atoms with Crippen molar-refractivity contribution in [2.24, 2.45) is 0 Å². The number of hydrogen-bond acceptors (Lipinski definition) is 5. The van der Waals surface area contributed by atoms with E-state index in [1.807, 2.05) is 36.4 Å². The molecule has 2 aliphatic rings. The van der Waals surface area contributed by atoms with Gasteiger partial charge < -0.3 is 4.52 Å². The summed E-state index contributed by atoms with van der Waals surface area (Å²) in [6, 6.07) is 13.3. The van der Waals surface area contributed by atoms with Gasteiger partial charge in [0, 0.05) is 23.1 Å². The molecule has 0 amide bonds. The van der Waals surface area contributed by atoms with Crippen molar-refractivity contribution < 1.29 is 12.9 Å². The van der Waals surface area contributed by atoms with Crippen LogP contribution in [-0.4, -0.2) is 36.0 Å². The van der Waals surface area contributed by atoms with Crippen LogP contribution in [0, 0.1) is 0 Å². The van der Waals surface area contributed by atoms with Crippen LogP contribution in [-0.2, 0) is 22.9 Å². The van der Waals surface area contributed by atoms with Crippen LogP contribution in [0.5, 0.6) is 0 Å². The first-order valence-electron chi connectivity index (χ1n) is 10.7. The van der Waals surface area contributed by atoms with Crippen LogP contribution >= 0.6 is 15.9 Å². The first-order chi connectivity index (χ1) is 15.0. The molecule has 5 rings (SSSR count). The van der Waals surface area contributed by atoms with E-state index >= 15 is 0 Å². The molecule has 1 aliphatic carbocycles. The lowest BCUT2D eigenvalue weighted by Crippen LogP contribution is -2.39. The smallest absolute Gasteiger partial charge is 0.243 e. The van der Waals surface area contributed by atoms with Crippen molar-refractivity contribution in [2.45, 2.75) is 49.3 Å². The maximum Gasteiger partial charge on any atom is 0.243 e. The van der Waals surface area contributed by atoms with E-state index in [0.29, 0.717) is 29.7 Å². The molecular formula is C23H24BrN3O3S. The van der Waals surface area contributed by atoms with Crippen molar-refractivity contribution in [2.75, 3.05) is 13.1 Å². The van der Waals surface area contributed by atoms with Crippen molar-refractivity contribution in [3.8, 4) is 11.4 Å². The predicted octanol–water partition coefficient (Wildman–Crippen LogP) is 4.95. The number of hydrogen-bond donors (Lipinski definition) is 0. The van der Waals surface area contributed by atoms with Gasteiger partial charge in [-0.1, -0.05) is 27.2 Å². The van der Waals surface area contributed by atoms with Crippen molar-refractivity contribution in [3.05, 3.63) is 64.0 Å². The number of rotatable bonds is 4. The zero-order valence-corrected chi connectivity index (χ0v) is 19.5. The summed E-state index contributed by atoms with van der Waals surface area (Å²) in [4.78, 5) is 4.96. The molecule has 1 saturated heterocycles. The Labute approximate surface area is 190 Å². The van der Waals surface area contributed by atoms with Gasteiger partial charge in [0.25, 0.3) is 0 Å². The van der Waals surface area contributed by atoms with E-state index in [1.165, 1.54) is 17.5 Å². The van der Waals surface area contributed by atoms with E-state index in [-0.39, 0.29) is 5.92 Å². The van der Waals surface area contributed by atoms with Crippen molar-refractivity contribution in [1.29, 1.82) is 0 Å². The van der Waals surface area contributed by atoms with Crippen LogP contribution in [0.1, 0.15) is 48.6 Å². The van der Waals surface area contributed by atoms with Gasteiger partial charge in [-0.15, -0.1) is 0 Å². The standard InChI is InChI=1S/C23H24BrN3O3S/c24-20-10-7-17(8-11-20)22-25-23(30-26-22)19-6-3-13-27(15-19)31(28,29)21-12-9-16-4-1-2-5-18(16)14-21/h7-12,14,19H,1-6,13,15H2/t19-/m1/s1. The average Bonchev–Trinajstić information content (AvgIpc) is 3.30. The zero-order chi connectivity index (χ0) is 21.4. The summed E-state index contributed by atoms with van der Waals surface area (Å²) >= 11 is 3.42. The van der Waals surface area contributed by atoms with E-state index in [0.717, 1.165) is 42.1 Å². The highest BCUT2D eigenvalue weighted by molar-refractivity contribution is 9.10. The van der Waals surface area contributed by atoms with Crippen molar-refractivity contribution in [1.82, 2.24) is 14.4 Å². The van der Waals surface area contributed by atoms with E-state index in [1.54, 1.807) is 10.4 Å². The molecule has 2 heterocycles. The fourth-order valence-corrected chi connectivity index (χ4v) is 6.34. The highest BCUT2D eigenvalue weighted by atomic mass is 79.9. The van der Waals surface area contributed by atoms with Crippen molar-refractivity contribution in [3.63, 3.8) is 0 Å². The van der Waals surface area contributed by atoms with Gasteiger partial charge in [-0.25, -0.2) is 8.42 Å². The summed E-state index contributed by atoms with van der Waals surface area (Å²) < 4.78 is 34.8. The van der Waals surface area contributed by atoms with E-state index in [9.17, 15) is 8.42 Å². The molecule has 1 aliphatic heterocycles. The van der Waals surface area contributed by atoms with Gasteiger partial charge in [-0.2, -0.15) is 9.29 Å². The van der Waals surface area contributed by atoms with E-state index < -0.39 is 10.0 Å². The fourth-order valence-electron chi connectivity index (χ4n) is 4.50. The SMILES string of the molecule is O=S(=O)(c1ccc2c(c1)CCCC2)N1CCC[C@@H](c2nc(-c3ccc(Br)cc3)no2)C1. The third kappa shape index (κ3) is 4.21. The van der Waals surface area contributed by atoms with Gasteiger partial charge in [0.05, 0.1) is 10.8 Å². The molecule has 1 atom stereocenters. The number of aryl methyl sites for hydroxylation is 2. The fraction of sp³-hybridized carbons (Fsp3) is 0.391. The molecule has 1 aromatic heterocycles. The molecule has 31 heavy (non-hydrogen) atoms. The number of fused-ring (bicyclic) bond motifs is 1. The van der Waals surface area contributed by atoms with E-state index in [4.69, 9.17) is 4.52 Å². The quantitative estimate of drug-likeness (QED) is 0.505. The first kappa shape index (κ1) is 20.8. The van der Waals surface area contributed by atoms with Crippen LogP contribution in [0.25, 0.3) is 11.4 Å². The molecule has 3 aromatic rings. The Morgan fingerprint density at radius 2 is 1.77 bits per heavy atom. The average molecular weight is 502 g/mol. The molecule has 0 N–H and O–H groups in total. The number of benzene rings is 2. The number of aromatic nitrogens is 2. The maximum atomic E-state index is 13.4. The largest absolute Gasteiger partial charge is 0.339 e. The Morgan fingerprint density at radius 1 is 1.00 bits per heavy atom. The monoisotopic (exact) mass is 501 g/mol. The summed E-state index contributed by atoms with van der Waals surface area (Å²) in [7, 11) is -3.55. The lowest BCUT2D eigenvalue weighted by Gasteiger charge is -2.30. The molecule has 162 valence electrons. The minimum absolute atomic E-state index is 0.0992. The van der Waals surface area contributed by atoms with Gasteiger partial charge in [-0.05, 0) is 86.1 Å². The van der Waals surface area contributed by atoms with E-state index in [2.05, 4.69) is 26.1 Å². The highest BCUT2D eigenvalue weighted by Crippen LogP contribution is 2.32. The van der Waals surface area contributed by atoms with Gasteiger partial charge >= 0.3 is 0 Å². The Kier molecular flexibility index (Phi) is 5.71. The maximum absolute atomic E-state index is 13.4. The van der Waals surface area contributed by atoms with Gasteiger partial charge in [0.15, 0.2) is 0 Å². The summed E-state index contributed by atoms with van der Waals surface area (Å²) in [5.41, 5.74) is 3.33. The predicted molar refractivity (Wildman–Crippen MR) is 121 cm³/mol. The van der Waals surface area contributed by atoms with Crippen molar-refractivity contribution >= 4 is 26.0 Å². The highest BCUT2D eigenvalue weighted by Gasteiger charge is 2.33. The topological polar surface area (TPSA) is 76.3 Å². The summed E-state index contributed by atoms with van der Waals surface area (Å²) in [6.45, 7) is 0.880. The number of sulfonamides is 1. The lowest BCUT2D eigenvalue weighted by molar-refractivity contribution is 0.265. The Hall–Kier alpha value is -2.03. The second kappa shape index (κ2) is 8.48. The second-order valence-corrected chi connectivity index (χ2v) is 11.2. The number of halogens is 1. The Bertz CT molecular complexity index is 1190. The first-order valence-corrected chi connectivity index (χ1v) is 13.0. The minimum Gasteiger partial charge on any atom is -0.339 e. The molecule has 2 aromatic carbocycles. The van der Waals surface area contributed by atoms with Crippen LogP contribution < -0.4 is 0 Å². The lowest BCUT2D eigenvalue weighted by atomic mass is 9.92. The van der Waals surface area contributed by atoms with Crippen LogP contribution in [0.3, 0.4) is 0 Å². The second-order valence-electron chi connectivity index (χ2n) is 8.30. The Balaban J connectivity index is 1.36. The van der Waals surface area contributed by atoms with Gasteiger partial charge in [-0.3, -0.25) is 0 Å². The molecule has 0 saturated carbocycles. The minimum atomic E-state index is -3.55. The molecule has 8 heteroatoms. The van der Waals surface area contributed by atoms with Crippen LogP contribution in [0.15, 0.2) is 56.4 Å². The Morgan fingerprint density at radius 3 is 2.58 bits per heavy atom. The van der Waals surface area contributed by atoms with Crippen LogP contribution in [0.4, 0.5) is 0 Å². The summed E-state index contributed by atoms with van der Waals surface area (Å²) in [5, 5.41) is 4.12. The molecule has 0 unspecified atom stereocenters. The molecule has 0 bridgehead atoms. The van der Waals surface area contributed by atoms with Gasteiger partial charge in [0.1, 0.15) is 0 Å². The van der Waals surface area contributed by atoms with Gasteiger partial charge in [0.2, 0.25) is 21.7 Å². The third-order valence-corrected chi connectivity index (χ3v) is 8.63. The molecule has 0 spiro atoms. The number of piperidine rings is 1.